The van der Waals surface area contributed by atoms with Gasteiger partial charge >= 0.3 is 5.97 Å². The molecule has 0 saturated carbocycles. The topological polar surface area (TPSA) is 67.4 Å². The van der Waals surface area contributed by atoms with Gasteiger partial charge in [-0.25, -0.2) is 0 Å². The molecule has 1 rings (SSSR count). The van der Waals surface area contributed by atoms with E-state index in [0.29, 0.717) is 6.54 Å². The van der Waals surface area contributed by atoms with Crippen molar-refractivity contribution in [2.75, 3.05) is 26.7 Å². The van der Waals surface area contributed by atoms with E-state index in [1.807, 2.05) is 0 Å². The quantitative estimate of drug-likeness (QED) is 0.708. The zero-order valence-electron chi connectivity index (χ0n) is 10.9. The van der Waals surface area contributed by atoms with E-state index in [9.17, 15) is 9.59 Å². The number of hydrogen-bond acceptors (Lipinski definition) is 4. The van der Waals surface area contributed by atoms with Crippen molar-refractivity contribution in [2.45, 2.75) is 32.1 Å². The predicted molar refractivity (Wildman–Crippen MR) is 71.7 cm³/mol. The summed E-state index contributed by atoms with van der Waals surface area (Å²) in [6.45, 7) is 2.88. The van der Waals surface area contributed by atoms with Crippen LogP contribution < -0.4 is 10.6 Å². The van der Waals surface area contributed by atoms with Crippen LogP contribution in [0.15, 0.2) is 0 Å². The molecule has 18 heavy (non-hydrogen) atoms. The fourth-order valence-electron chi connectivity index (χ4n) is 1.99. The smallest absolute Gasteiger partial charge is 0.306 e. The summed E-state index contributed by atoms with van der Waals surface area (Å²) in [6, 6.07) is 0. The van der Waals surface area contributed by atoms with Crippen LogP contribution >= 0.6 is 12.4 Å². The van der Waals surface area contributed by atoms with Crippen LogP contribution in [0, 0.1) is 5.92 Å². The summed E-state index contributed by atoms with van der Waals surface area (Å²) in [4.78, 5) is 22.2. The number of rotatable bonds is 6. The van der Waals surface area contributed by atoms with E-state index in [-0.39, 0.29) is 37.1 Å². The van der Waals surface area contributed by atoms with Crippen molar-refractivity contribution in [1.82, 2.24) is 10.6 Å². The van der Waals surface area contributed by atoms with Crippen molar-refractivity contribution in [1.29, 1.82) is 0 Å². The molecule has 6 heteroatoms. The van der Waals surface area contributed by atoms with Gasteiger partial charge in [0, 0.05) is 13.0 Å². The lowest BCUT2D eigenvalue weighted by molar-refractivity contribution is -0.142. The summed E-state index contributed by atoms with van der Waals surface area (Å²) in [7, 11) is 1.33. The molecular formula is C12H23ClN2O3. The van der Waals surface area contributed by atoms with Crippen molar-refractivity contribution in [3.63, 3.8) is 0 Å². The molecule has 1 aliphatic rings. The van der Waals surface area contributed by atoms with Crippen LogP contribution in [0.5, 0.6) is 0 Å². The largest absolute Gasteiger partial charge is 0.469 e. The van der Waals surface area contributed by atoms with Crippen LogP contribution in [0.2, 0.25) is 0 Å². The van der Waals surface area contributed by atoms with Crippen LogP contribution in [-0.2, 0) is 14.3 Å². The molecule has 1 aliphatic heterocycles. The van der Waals surface area contributed by atoms with Gasteiger partial charge in [-0.3, -0.25) is 9.59 Å². The molecular weight excluding hydrogens is 256 g/mol. The average molecular weight is 279 g/mol. The van der Waals surface area contributed by atoms with E-state index in [4.69, 9.17) is 0 Å². The molecule has 2 N–H and O–H groups in total. The van der Waals surface area contributed by atoms with Gasteiger partial charge in [0.25, 0.3) is 0 Å². The molecule has 1 saturated heterocycles. The molecule has 0 aromatic carbocycles. The number of carbonyl (C=O) groups excluding carboxylic acids is 2. The Bertz CT molecular complexity index is 256. The van der Waals surface area contributed by atoms with Gasteiger partial charge < -0.3 is 15.4 Å². The molecule has 0 bridgehead atoms. The third-order valence-electron chi connectivity index (χ3n) is 3.12. The zero-order valence-corrected chi connectivity index (χ0v) is 11.7. The lowest BCUT2D eigenvalue weighted by atomic mass is 9.95. The highest BCUT2D eigenvalue weighted by Gasteiger charge is 2.13. The maximum atomic E-state index is 11.4. The maximum absolute atomic E-state index is 11.4. The van der Waals surface area contributed by atoms with Crippen molar-refractivity contribution in [3.8, 4) is 0 Å². The zero-order chi connectivity index (χ0) is 12.5. The second kappa shape index (κ2) is 10.1. The van der Waals surface area contributed by atoms with E-state index in [2.05, 4.69) is 15.4 Å². The third-order valence-corrected chi connectivity index (χ3v) is 3.12. The van der Waals surface area contributed by atoms with E-state index < -0.39 is 0 Å². The molecule has 0 spiro atoms. The first kappa shape index (κ1) is 17.2. The van der Waals surface area contributed by atoms with E-state index in [1.165, 1.54) is 20.0 Å². The van der Waals surface area contributed by atoms with E-state index in [1.54, 1.807) is 0 Å². The Labute approximate surface area is 114 Å². The normalized spacial score (nSPS) is 15.6. The molecule has 0 radical (unpaired) electrons. The van der Waals surface area contributed by atoms with Gasteiger partial charge in [0.05, 0.1) is 13.5 Å². The number of carbonyl (C=O) groups is 2. The highest BCUT2D eigenvalue weighted by molar-refractivity contribution is 5.85. The number of halogens is 1. The fraction of sp³-hybridized carbons (Fsp3) is 0.833. The average Bonchev–Trinajstić information content (AvgIpc) is 2.37. The summed E-state index contributed by atoms with van der Waals surface area (Å²) in [5.41, 5.74) is 0. The summed E-state index contributed by atoms with van der Waals surface area (Å²) in [6.07, 6.45) is 3.80. The van der Waals surface area contributed by atoms with E-state index >= 15 is 0 Å². The number of esters is 1. The Morgan fingerprint density at radius 2 is 1.94 bits per heavy atom. The highest BCUT2D eigenvalue weighted by Crippen LogP contribution is 2.14. The van der Waals surface area contributed by atoms with E-state index in [0.717, 1.165) is 25.4 Å². The Morgan fingerprint density at radius 1 is 1.28 bits per heavy atom. The highest BCUT2D eigenvalue weighted by atomic mass is 35.5. The van der Waals surface area contributed by atoms with Gasteiger partial charge in [-0.2, -0.15) is 0 Å². The minimum absolute atomic E-state index is 0. The van der Waals surface area contributed by atoms with Crippen molar-refractivity contribution >= 4 is 24.3 Å². The minimum Gasteiger partial charge on any atom is -0.469 e. The third kappa shape index (κ3) is 7.50. The lowest BCUT2D eigenvalue weighted by Gasteiger charge is -2.22. The fourth-order valence-corrected chi connectivity index (χ4v) is 1.99. The number of nitrogens with one attached hydrogen (secondary N) is 2. The molecule has 0 unspecified atom stereocenters. The predicted octanol–water partition coefficient (Wildman–Crippen LogP) is 0.867. The molecule has 5 nitrogen and oxygen atoms in total. The van der Waals surface area contributed by atoms with Crippen LogP contribution in [-0.4, -0.2) is 38.6 Å². The summed E-state index contributed by atoms with van der Waals surface area (Å²) in [5.74, 6) is 0.319. The van der Waals surface area contributed by atoms with Gasteiger partial charge in [-0.05, 0) is 38.3 Å². The van der Waals surface area contributed by atoms with Crippen molar-refractivity contribution in [3.05, 3.63) is 0 Å². The number of hydrogen-bond donors (Lipinski definition) is 2. The standard InChI is InChI=1S/C12H22N2O3.ClH/c1-17-12(16)3-2-11(15)14-9-6-10-4-7-13-8-5-10;/h10,13H,2-9H2,1H3,(H,14,15);1H. The summed E-state index contributed by atoms with van der Waals surface area (Å²) in [5, 5.41) is 6.16. The number of piperidine rings is 1. The Morgan fingerprint density at radius 3 is 2.56 bits per heavy atom. The lowest BCUT2D eigenvalue weighted by Crippen LogP contribution is -2.31. The van der Waals surface area contributed by atoms with Crippen LogP contribution in [0.1, 0.15) is 32.1 Å². The minimum atomic E-state index is -0.335. The molecule has 0 aromatic rings. The number of amides is 1. The Balaban J connectivity index is 0.00000289. The molecule has 1 fully saturated rings. The van der Waals surface area contributed by atoms with Crippen LogP contribution in [0.25, 0.3) is 0 Å². The van der Waals surface area contributed by atoms with Crippen LogP contribution in [0.4, 0.5) is 0 Å². The van der Waals surface area contributed by atoms with Gasteiger partial charge in [-0.1, -0.05) is 0 Å². The number of ether oxygens (including phenoxy) is 1. The molecule has 0 atom stereocenters. The summed E-state index contributed by atoms with van der Waals surface area (Å²) >= 11 is 0. The van der Waals surface area contributed by atoms with Gasteiger partial charge in [0.1, 0.15) is 0 Å². The van der Waals surface area contributed by atoms with Crippen molar-refractivity contribution in [2.24, 2.45) is 5.92 Å². The van der Waals surface area contributed by atoms with Gasteiger partial charge in [-0.15, -0.1) is 12.4 Å². The second-order valence-electron chi connectivity index (χ2n) is 4.41. The first-order chi connectivity index (χ1) is 8.22. The van der Waals surface area contributed by atoms with Crippen molar-refractivity contribution < 1.29 is 14.3 Å². The second-order valence-corrected chi connectivity index (χ2v) is 4.41. The first-order valence-corrected chi connectivity index (χ1v) is 6.26. The molecule has 0 aliphatic carbocycles. The SMILES string of the molecule is COC(=O)CCC(=O)NCCC1CCNCC1.Cl. The molecule has 0 aromatic heterocycles. The molecule has 1 amide bonds. The van der Waals surface area contributed by atoms with Gasteiger partial charge in [0.15, 0.2) is 0 Å². The first-order valence-electron chi connectivity index (χ1n) is 6.26. The molecule has 106 valence electrons. The maximum Gasteiger partial charge on any atom is 0.306 e. The van der Waals surface area contributed by atoms with Crippen LogP contribution in [0.3, 0.4) is 0 Å². The Hall–Kier alpha value is -0.810. The molecule has 1 heterocycles. The Kier molecular flexibility index (Phi) is 9.69. The number of methoxy groups -OCH3 is 1. The summed E-state index contributed by atoms with van der Waals surface area (Å²) < 4.78 is 4.47. The van der Waals surface area contributed by atoms with Gasteiger partial charge in [0.2, 0.25) is 5.91 Å². The monoisotopic (exact) mass is 278 g/mol.